The summed E-state index contributed by atoms with van der Waals surface area (Å²) in [5.41, 5.74) is -0.530. The highest BCUT2D eigenvalue weighted by atomic mass is 35.5. The average molecular weight is 375 g/mol. The van der Waals surface area contributed by atoms with Gasteiger partial charge >= 0.3 is 6.18 Å². The topological polar surface area (TPSA) is 32.3 Å². The summed E-state index contributed by atoms with van der Waals surface area (Å²) in [5.74, 6) is -0.119. The minimum Gasteiger partial charge on any atom is -0.354 e. The van der Waals surface area contributed by atoms with Crippen LogP contribution >= 0.6 is 11.6 Å². The fourth-order valence-corrected chi connectivity index (χ4v) is 2.94. The maximum absolute atomic E-state index is 13.9. The molecule has 0 spiro atoms. The summed E-state index contributed by atoms with van der Waals surface area (Å²) in [6.45, 7) is 2.46. The van der Waals surface area contributed by atoms with Crippen molar-refractivity contribution in [3.63, 3.8) is 0 Å². The quantitative estimate of drug-likeness (QED) is 0.768. The highest BCUT2D eigenvalue weighted by Crippen LogP contribution is 2.29. The molecular formula is C16H15ClF4N4. The van der Waals surface area contributed by atoms with E-state index in [4.69, 9.17) is 11.6 Å². The van der Waals surface area contributed by atoms with Crippen LogP contribution in [0.15, 0.2) is 30.6 Å². The number of alkyl halides is 3. The molecule has 4 nitrogen and oxygen atoms in total. The molecule has 1 aliphatic heterocycles. The van der Waals surface area contributed by atoms with E-state index in [1.54, 1.807) is 17.0 Å². The van der Waals surface area contributed by atoms with Gasteiger partial charge in [-0.25, -0.2) is 14.4 Å². The Morgan fingerprint density at radius 3 is 2.44 bits per heavy atom. The van der Waals surface area contributed by atoms with E-state index in [2.05, 4.69) is 9.97 Å². The van der Waals surface area contributed by atoms with Gasteiger partial charge in [-0.2, -0.15) is 13.2 Å². The van der Waals surface area contributed by atoms with Gasteiger partial charge in [0.25, 0.3) is 0 Å². The summed E-state index contributed by atoms with van der Waals surface area (Å²) < 4.78 is 52.1. The Morgan fingerprint density at radius 1 is 1.08 bits per heavy atom. The van der Waals surface area contributed by atoms with Gasteiger partial charge < -0.3 is 4.90 Å². The lowest BCUT2D eigenvalue weighted by atomic mass is 10.2. The number of piperazine rings is 1. The highest BCUT2D eigenvalue weighted by Gasteiger charge is 2.33. The first kappa shape index (κ1) is 17.9. The third kappa shape index (κ3) is 4.19. The molecule has 9 heteroatoms. The molecule has 25 heavy (non-hydrogen) atoms. The van der Waals surface area contributed by atoms with E-state index >= 15 is 0 Å². The molecule has 3 rings (SSSR count). The van der Waals surface area contributed by atoms with E-state index in [-0.39, 0.29) is 11.6 Å². The number of hydrogen-bond acceptors (Lipinski definition) is 4. The maximum Gasteiger partial charge on any atom is 0.433 e. The van der Waals surface area contributed by atoms with Gasteiger partial charge in [-0.05, 0) is 12.1 Å². The third-order valence-corrected chi connectivity index (χ3v) is 4.44. The van der Waals surface area contributed by atoms with E-state index in [1.165, 1.54) is 6.07 Å². The molecule has 0 unspecified atom stereocenters. The molecule has 0 saturated carbocycles. The molecule has 0 radical (unpaired) electrons. The van der Waals surface area contributed by atoms with Crippen molar-refractivity contribution in [3.05, 3.63) is 52.7 Å². The first-order valence-corrected chi connectivity index (χ1v) is 8.02. The molecule has 1 aromatic heterocycles. The Balaban J connectivity index is 1.64. The van der Waals surface area contributed by atoms with Crippen molar-refractivity contribution in [2.75, 3.05) is 31.1 Å². The van der Waals surface area contributed by atoms with Crippen molar-refractivity contribution in [2.24, 2.45) is 0 Å². The smallest absolute Gasteiger partial charge is 0.354 e. The van der Waals surface area contributed by atoms with Crippen LogP contribution in [0.25, 0.3) is 0 Å². The summed E-state index contributed by atoms with van der Waals surface area (Å²) in [6, 6.07) is 5.49. The van der Waals surface area contributed by atoms with Gasteiger partial charge in [0.15, 0.2) is 0 Å². The maximum atomic E-state index is 13.9. The van der Waals surface area contributed by atoms with Gasteiger partial charge in [-0.15, -0.1) is 0 Å². The molecule has 0 atom stereocenters. The minimum absolute atomic E-state index is 0.242. The number of hydrogen-bond donors (Lipinski definition) is 0. The predicted octanol–water partition coefficient (Wildman–Crippen LogP) is 3.61. The van der Waals surface area contributed by atoms with E-state index in [1.807, 2.05) is 4.90 Å². The fraction of sp³-hybridized carbons (Fsp3) is 0.375. The number of anilines is 1. The predicted molar refractivity (Wildman–Crippen MR) is 85.9 cm³/mol. The van der Waals surface area contributed by atoms with E-state index in [0.29, 0.717) is 43.3 Å². The first-order valence-electron chi connectivity index (χ1n) is 7.64. The van der Waals surface area contributed by atoms with E-state index in [0.717, 1.165) is 12.4 Å². The van der Waals surface area contributed by atoms with Gasteiger partial charge in [-0.1, -0.05) is 17.7 Å². The Bertz CT molecular complexity index is 725. The minimum atomic E-state index is -4.50. The third-order valence-electron chi connectivity index (χ3n) is 4.08. The van der Waals surface area contributed by atoms with Crippen LogP contribution in [0.5, 0.6) is 0 Å². The standard InChI is InChI=1S/C16H15ClF4N4/c17-12-2-1-3-13(18)11(12)9-24-4-6-25(7-5-24)15-8-14(16(19,20)21)22-10-23-15/h1-3,8,10H,4-7,9H2. The van der Waals surface area contributed by atoms with Crippen LogP contribution in [0.4, 0.5) is 23.4 Å². The lowest BCUT2D eigenvalue weighted by molar-refractivity contribution is -0.141. The molecule has 1 saturated heterocycles. The van der Waals surface area contributed by atoms with Crippen molar-refractivity contribution in [3.8, 4) is 0 Å². The molecule has 1 fully saturated rings. The van der Waals surface area contributed by atoms with Crippen molar-refractivity contribution in [2.45, 2.75) is 12.7 Å². The van der Waals surface area contributed by atoms with Crippen LogP contribution in [0.1, 0.15) is 11.3 Å². The van der Waals surface area contributed by atoms with Crippen LogP contribution < -0.4 is 4.90 Å². The molecule has 134 valence electrons. The number of benzene rings is 1. The highest BCUT2D eigenvalue weighted by molar-refractivity contribution is 6.31. The molecule has 1 aromatic carbocycles. The lowest BCUT2D eigenvalue weighted by Crippen LogP contribution is -2.46. The second-order valence-electron chi connectivity index (χ2n) is 5.72. The lowest BCUT2D eigenvalue weighted by Gasteiger charge is -2.35. The SMILES string of the molecule is Fc1cccc(Cl)c1CN1CCN(c2cc(C(F)(F)F)ncn2)CC1. The van der Waals surface area contributed by atoms with Gasteiger partial charge in [0.1, 0.15) is 23.7 Å². The van der Waals surface area contributed by atoms with Crippen molar-refractivity contribution in [1.29, 1.82) is 0 Å². The summed E-state index contributed by atoms with van der Waals surface area (Å²) >= 11 is 6.03. The Morgan fingerprint density at radius 2 is 1.80 bits per heavy atom. The molecule has 1 aliphatic rings. The van der Waals surface area contributed by atoms with Crippen LogP contribution in [-0.4, -0.2) is 41.0 Å². The number of halogens is 5. The van der Waals surface area contributed by atoms with Crippen LogP contribution in [0, 0.1) is 5.82 Å². The summed E-state index contributed by atoms with van der Waals surface area (Å²) in [6.07, 6.45) is -3.58. The Hall–Kier alpha value is -1.93. The summed E-state index contributed by atoms with van der Waals surface area (Å²) in [7, 11) is 0. The Kier molecular flexibility index (Phi) is 5.10. The van der Waals surface area contributed by atoms with Crippen LogP contribution in [-0.2, 0) is 12.7 Å². The zero-order valence-corrected chi connectivity index (χ0v) is 13.9. The second kappa shape index (κ2) is 7.13. The molecule has 2 heterocycles. The van der Waals surface area contributed by atoms with Gasteiger partial charge in [-0.3, -0.25) is 4.90 Å². The van der Waals surface area contributed by atoms with Gasteiger partial charge in [0.05, 0.1) is 0 Å². The summed E-state index contributed by atoms with van der Waals surface area (Å²) in [5, 5.41) is 0.369. The normalized spacial score (nSPS) is 16.3. The van der Waals surface area contributed by atoms with Crippen molar-refractivity contribution >= 4 is 17.4 Å². The monoisotopic (exact) mass is 374 g/mol. The largest absolute Gasteiger partial charge is 0.433 e. The summed E-state index contributed by atoms with van der Waals surface area (Å²) in [4.78, 5) is 11.0. The zero-order valence-electron chi connectivity index (χ0n) is 13.1. The zero-order chi connectivity index (χ0) is 18.0. The molecule has 2 aromatic rings. The fourth-order valence-electron chi connectivity index (χ4n) is 2.72. The molecule has 0 bridgehead atoms. The van der Waals surface area contributed by atoms with Crippen molar-refractivity contribution < 1.29 is 17.6 Å². The molecule has 0 N–H and O–H groups in total. The number of nitrogens with zero attached hydrogens (tertiary/aromatic N) is 4. The van der Waals surface area contributed by atoms with Crippen LogP contribution in [0.3, 0.4) is 0 Å². The average Bonchev–Trinajstić information content (AvgIpc) is 2.58. The molecular weight excluding hydrogens is 360 g/mol. The van der Waals surface area contributed by atoms with E-state index < -0.39 is 11.9 Å². The molecule has 0 amide bonds. The Labute approximate surface area is 147 Å². The van der Waals surface area contributed by atoms with E-state index in [9.17, 15) is 17.6 Å². The number of aromatic nitrogens is 2. The van der Waals surface area contributed by atoms with Crippen LogP contribution in [0.2, 0.25) is 5.02 Å². The van der Waals surface area contributed by atoms with Gasteiger partial charge in [0.2, 0.25) is 0 Å². The second-order valence-corrected chi connectivity index (χ2v) is 6.13. The number of rotatable bonds is 3. The molecule has 0 aliphatic carbocycles. The first-order chi connectivity index (χ1) is 11.8. The van der Waals surface area contributed by atoms with Gasteiger partial charge in [0, 0.05) is 49.4 Å². The van der Waals surface area contributed by atoms with Crippen molar-refractivity contribution in [1.82, 2.24) is 14.9 Å².